The van der Waals surface area contributed by atoms with Crippen LogP contribution in [0.25, 0.3) is 0 Å². The average Bonchev–Trinajstić information content (AvgIpc) is 2.32. The van der Waals surface area contributed by atoms with Gasteiger partial charge in [-0.2, -0.15) is 0 Å². The first-order chi connectivity index (χ1) is 8.58. The van der Waals surface area contributed by atoms with E-state index in [1.165, 1.54) is 18.2 Å². The molecule has 18 heavy (non-hydrogen) atoms. The molecule has 0 amide bonds. The molecule has 1 atom stereocenters. The van der Waals surface area contributed by atoms with E-state index in [1.54, 1.807) is 24.3 Å². The van der Waals surface area contributed by atoms with Gasteiger partial charge in [0.2, 0.25) is 0 Å². The molecule has 0 saturated carbocycles. The molecule has 0 radical (unpaired) electrons. The smallest absolute Gasteiger partial charge is 0.146 e. The van der Waals surface area contributed by atoms with Gasteiger partial charge in [-0.15, -0.1) is 0 Å². The van der Waals surface area contributed by atoms with Crippen LogP contribution >= 0.6 is 11.6 Å². The zero-order valence-electron chi connectivity index (χ0n) is 9.54. The van der Waals surface area contributed by atoms with Crippen LogP contribution in [-0.2, 0) is 6.42 Å². The summed E-state index contributed by atoms with van der Waals surface area (Å²) in [6, 6.07) is 10.3. The van der Waals surface area contributed by atoms with Gasteiger partial charge in [-0.3, -0.25) is 0 Å². The average molecular weight is 268 g/mol. The van der Waals surface area contributed by atoms with E-state index in [9.17, 15) is 8.78 Å². The van der Waals surface area contributed by atoms with Crippen LogP contribution in [0.2, 0.25) is 5.02 Å². The third kappa shape index (κ3) is 2.86. The maximum Gasteiger partial charge on any atom is 0.146 e. The number of rotatable bonds is 3. The molecule has 0 fully saturated rings. The van der Waals surface area contributed by atoms with Crippen molar-refractivity contribution in [2.45, 2.75) is 12.5 Å². The minimum absolute atomic E-state index is 0.0437. The molecular formula is C14H12ClF2N. The van der Waals surface area contributed by atoms with E-state index in [2.05, 4.69) is 0 Å². The maximum atomic E-state index is 13.7. The van der Waals surface area contributed by atoms with Crippen LogP contribution in [0.1, 0.15) is 17.2 Å². The topological polar surface area (TPSA) is 26.0 Å². The molecule has 0 spiro atoms. The highest BCUT2D eigenvalue weighted by molar-refractivity contribution is 6.30. The Morgan fingerprint density at radius 3 is 2.56 bits per heavy atom. The Kier molecular flexibility index (Phi) is 3.94. The second kappa shape index (κ2) is 5.46. The number of hydrogen-bond donors (Lipinski definition) is 1. The molecule has 0 aliphatic rings. The van der Waals surface area contributed by atoms with Gasteiger partial charge in [0.05, 0.1) is 5.02 Å². The standard InChI is InChI=1S/C14H12ClF2N/c15-12-6-2-5-11(14(12)17)13(18)8-9-3-1-4-10(16)7-9/h1-7,13H,8,18H2. The van der Waals surface area contributed by atoms with Crippen LogP contribution < -0.4 is 5.73 Å². The third-order valence-electron chi connectivity index (χ3n) is 2.73. The summed E-state index contributed by atoms with van der Waals surface area (Å²) in [5.41, 5.74) is 6.99. The molecule has 0 heterocycles. The fourth-order valence-corrected chi connectivity index (χ4v) is 2.02. The first-order valence-electron chi connectivity index (χ1n) is 5.52. The molecule has 2 N–H and O–H groups in total. The third-order valence-corrected chi connectivity index (χ3v) is 3.02. The van der Waals surface area contributed by atoms with Crippen molar-refractivity contribution in [1.82, 2.24) is 0 Å². The molecule has 0 bridgehead atoms. The Balaban J connectivity index is 2.22. The van der Waals surface area contributed by atoms with Gasteiger partial charge in [0.15, 0.2) is 0 Å². The Labute approximate surface area is 109 Å². The normalized spacial score (nSPS) is 12.4. The van der Waals surface area contributed by atoms with Crippen molar-refractivity contribution in [2.24, 2.45) is 5.73 Å². The summed E-state index contributed by atoms with van der Waals surface area (Å²) >= 11 is 5.70. The second-order valence-corrected chi connectivity index (χ2v) is 4.49. The summed E-state index contributed by atoms with van der Waals surface area (Å²) in [4.78, 5) is 0. The number of halogens is 3. The molecule has 0 saturated heterocycles. The van der Waals surface area contributed by atoms with E-state index in [4.69, 9.17) is 17.3 Å². The Bertz CT molecular complexity index is 557. The van der Waals surface area contributed by atoms with Gasteiger partial charge < -0.3 is 5.73 Å². The number of nitrogens with two attached hydrogens (primary N) is 1. The molecule has 2 rings (SSSR count). The lowest BCUT2D eigenvalue weighted by Gasteiger charge is -2.13. The van der Waals surface area contributed by atoms with Crippen LogP contribution in [0.5, 0.6) is 0 Å². The van der Waals surface area contributed by atoms with Crippen LogP contribution in [-0.4, -0.2) is 0 Å². The Morgan fingerprint density at radius 1 is 1.11 bits per heavy atom. The minimum atomic E-state index is -0.550. The lowest BCUT2D eigenvalue weighted by molar-refractivity contribution is 0.579. The predicted molar refractivity (Wildman–Crippen MR) is 68.4 cm³/mol. The first kappa shape index (κ1) is 13.0. The quantitative estimate of drug-likeness (QED) is 0.898. The van der Waals surface area contributed by atoms with E-state index in [0.29, 0.717) is 12.0 Å². The summed E-state index contributed by atoms with van der Waals surface area (Å²) in [6.07, 6.45) is 0.356. The van der Waals surface area contributed by atoms with Crippen molar-refractivity contribution in [3.63, 3.8) is 0 Å². The van der Waals surface area contributed by atoms with Crippen LogP contribution in [0.4, 0.5) is 8.78 Å². The van der Waals surface area contributed by atoms with Crippen molar-refractivity contribution in [3.8, 4) is 0 Å². The highest BCUT2D eigenvalue weighted by Gasteiger charge is 2.14. The molecule has 1 nitrogen and oxygen atoms in total. The molecule has 0 aliphatic heterocycles. The summed E-state index contributed by atoms with van der Waals surface area (Å²) in [5.74, 6) is -0.839. The second-order valence-electron chi connectivity index (χ2n) is 4.08. The van der Waals surface area contributed by atoms with E-state index in [1.807, 2.05) is 0 Å². The largest absolute Gasteiger partial charge is 0.324 e. The molecule has 0 aliphatic carbocycles. The van der Waals surface area contributed by atoms with Crippen LogP contribution in [0, 0.1) is 11.6 Å². The number of benzene rings is 2. The minimum Gasteiger partial charge on any atom is -0.324 e. The van der Waals surface area contributed by atoms with E-state index in [-0.39, 0.29) is 10.8 Å². The van der Waals surface area contributed by atoms with Gasteiger partial charge in [-0.05, 0) is 30.2 Å². The van der Waals surface area contributed by atoms with Gasteiger partial charge in [0.25, 0.3) is 0 Å². The van der Waals surface area contributed by atoms with Crippen molar-refractivity contribution >= 4 is 11.6 Å². The van der Waals surface area contributed by atoms with Gasteiger partial charge in [-0.25, -0.2) is 8.78 Å². The molecule has 4 heteroatoms. The molecule has 1 unspecified atom stereocenters. The number of hydrogen-bond acceptors (Lipinski definition) is 1. The van der Waals surface area contributed by atoms with Crippen LogP contribution in [0.3, 0.4) is 0 Å². The van der Waals surface area contributed by atoms with Crippen molar-refractivity contribution in [2.75, 3.05) is 0 Å². The van der Waals surface area contributed by atoms with Gasteiger partial charge in [-0.1, -0.05) is 35.9 Å². The van der Waals surface area contributed by atoms with E-state index >= 15 is 0 Å². The zero-order valence-corrected chi connectivity index (χ0v) is 10.3. The van der Waals surface area contributed by atoms with Crippen molar-refractivity contribution in [1.29, 1.82) is 0 Å². The predicted octanol–water partition coefficient (Wildman–Crippen LogP) is 3.86. The summed E-state index contributed by atoms with van der Waals surface area (Å²) < 4.78 is 26.8. The lowest BCUT2D eigenvalue weighted by Crippen LogP contribution is -2.15. The highest BCUT2D eigenvalue weighted by atomic mass is 35.5. The van der Waals surface area contributed by atoms with Gasteiger partial charge >= 0.3 is 0 Å². The molecule has 2 aromatic carbocycles. The Morgan fingerprint density at radius 2 is 1.83 bits per heavy atom. The fourth-order valence-electron chi connectivity index (χ4n) is 1.83. The summed E-state index contributed by atoms with van der Waals surface area (Å²) in [7, 11) is 0. The molecular weight excluding hydrogens is 256 g/mol. The van der Waals surface area contributed by atoms with Gasteiger partial charge in [0, 0.05) is 11.6 Å². The lowest BCUT2D eigenvalue weighted by atomic mass is 9.99. The van der Waals surface area contributed by atoms with E-state index in [0.717, 1.165) is 5.56 Å². The Hall–Kier alpha value is -1.45. The summed E-state index contributed by atoms with van der Waals surface area (Å²) in [6.45, 7) is 0. The van der Waals surface area contributed by atoms with Crippen molar-refractivity contribution < 1.29 is 8.78 Å². The zero-order chi connectivity index (χ0) is 13.1. The maximum absolute atomic E-state index is 13.7. The molecule has 2 aromatic rings. The summed E-state index contributed by atoms with van der Waals surface area (Å²) in [5, 5.41) is 0.0437. The molecule has 0 aromatic heterocycles. The fraction of sp³-hybridized carbons (Fsp3) is 0.143. The SMILES string of the molecule is NC(Cc1cccc(F)c1)c1cccc(Cl)c1F. The van der Waals surface area contributed by atoms with Crippen LogP contribution in [0.15, 0.2) is 42.5 Å². The highest BCUT2D eigenvalue weighted by Crippen LogP contribution is 2.24. The van der Waals surface area contributed by atoms with Crippen molar-refractivity contribution in [3.05, 3.63) is 70.2 Å². The molecule has 94 valence electrons. The monoisotopic (exact) mass is 267 g/mol. The van der Waals surface area contributed by atoms with E-state index < -0.39 is 11.9 Å². The van der Waals surface area contributed by atoms with Gasteiger partial charge in [0.1, 0.15) is 11.6 Å². The first-order valence-corrected chi connectivity index (χ1v) is 5.89.